The molecule has 0 aliphatic heterocycles. The molecule has 12 heteroatoms. The Labute approximate surface area is 195 Å². The Kier molecular flexibility index (Phi) is 6.33. The van der Waals surface area contributed by atoms with Crippen molar-refractivity contribution >= 4 is 34.2 Å². The number of alkyl halides is 3. The summed E-state index contributed by atoms with van der Waals surface area (Å²) in [5, 5.41) is 12.5. The molecule has 0 radical (unpaired) electrons. The van der Waals surface area contributed by atoms with Gasteiger partial charge in [0.25, 0.3) is 5.91 Å². The quantitative estimate of drug-likeness (QED) is 0.405. The standard InChI is InChI=1S/C22H18F3N5O3S/c1-12(18-9-27-19(34-18)6-13-2-4-14(5-3-13)22(23,24)25)29-21(33)15-7-17-16(8-26-15)28-11-30(17)10-20(31)32/h2-5,7-9,11-12H,6,10H2,1H3,(H,29,33)(H,31,32). The summed E-state index contributed by atoms with van der Waals surface area (Å²) < 4.78 is 39.6. The molecule has 0 saturated heterocycles. The van der Waals surface area contributed by atoms with Gasteiger partial charge in [0.1, 0.15) is 17.8 Å². The second kappa shape index (κ2) is 9.21. The molecule has 1 aromatic carbocycles. The van der Waals surface area contributed by atoms with E-state index in [1.165, 1.54) is 46.6 Å². The van der Waals surface area contributed by atoms with Crippen molar-refractivity contribution < 1.29 is 27.9 Å². The minimum absolute atomic E-state index is 0.112. The maximum absolute atomic E-state index is 12.7. The molecule has 0 spiro atoms. The molecule has 1 atom stereocenters. The second-order valence-electron chi connectivity index (χ2n) is 7.55. The summed E-state index contributed by atoms with van der Waals surface area (Å²) in [5.74, 6) is -1.48. The van der Waals surface area contributed by atoms with Crippen LogP contribution in [-0.4, -0.2) is 36.5 Å². The van der Waals surface area contributed by atoms with Crippen molar-refractivity contribution in [3.63, 3.8) is 0 Å². The average Bonchev–Trinajstić information content (AvgIpc) is 3.40. The molecular weight excluding hydrogens is 471 g/mol. The Bertz CT molecular complexity index is 1350. The third-order valence-corrected chi connectivity index (χ3v) is 6.21. The number of carboxylic acids is 1. The number of aromatic nitrogens is 4. The lowest BCUT2D eigenvalue weighted by atomic mass is 10.1. The fourth-order valence-electron chi connectivity index (χ4n) is 3.29. The number of benzene rings is 1. The van der Waals surface area contributed by atoms with E-state index in [0.717, 1.165) is 17.0 Å². The Morgan fingerprint density at radius 3 is 2.56 bits per heavy atom. The number of hydrogen-bond acceptors (Lipinski definition) is 6. The normalized spacial score (nSPS) is 12.6. The Morgan fingerprint density at radius 2 is 1.88 bits per heavy atom. The summed E-state index contributed by atoms with van der Waals surface area (Å²) in [6.45, 7) is 1.49. The minimum Gasteiger partial charge on any atom is -0.480 e. The number of halogens is 3. The maximum Gasteiger partial charge on any atom is 0.416 e. The number of imidazole rings is 1. The van der Waals surface area contributed by atoms with E-state index >= 15 is 0 Å². The van der Waals surface area contributed by atoms with E-state index in [-0.39, 0.29) is 12.2 Å². The summed E-state index contributed by atoms with van der Waals surface area (Å²) in [7, 11) is 0. The third-order valence-electron chi connectivity index (χ3n) is 5.03. The first-order valence-electron chi connectivity index (χ1n) is 10.0. The molecule has 0 bridgehead atoms. The van der Waals surface area contributed by atoms with Gasteiger partial charge in [-0.25, -0.2) is 15.0 Å². The zero-order valence-corrected chi connectivity index (χ0v) is 18.5. The zero-order chi connectivity index (χ0) is 24.5. The van der Waals surface area contributed by atoms with Gasteiger partial charge >= 0.3 is 12.1 Å². The van der Waals surface area contributed by atoms with Crippen LogP contribution in [0.15, 0.2) is 49.1 Å². The van der Waals surface area contributed by atoms with E-state index in [9.17, 15) is 22.8 Å². The van der Waals surface area contributed by atoms with E-state index in [1.54, 1.807) is 13.1 Å². The SMILES string of the molecule is CC(NC(=O)c1cc2c(cn1)ncn2CC(=O)O)c1cnc(Cc2ccc(C(F)(F)F)cc2)s1. The highest BCUT2D eigenvalue weighted by atomic mass is 32.1. The Hall–Kier alpha value is -3.80. The van der Waals surface area contributed by atoms with E-state index in [4.69, 9.17) is 5.11 Å². The number of nitrogens with zero attached hydrogens (tertiary/aromatic N) is 4. The van der Waals surface area contributed by atoms with Gasteiger partial charge in [0, 0.05) is 17.5 Å². The van der Waals surface area contributed by atoms with Crippen LogP contribution in [-0.2, 0) is 23.9 Å². The highest BCUT2D eigenvalue weighted by Crippen LogP contribution is 2.30. The number of aliphatic carboxylic acids is 1. The van der Waals surface area contributed by atoms with Crippen molar-refractivity contribution in [2.45, 2.75) is 32.1 Å². The van der Waals surface area contributed by atoms with Gasteiger partial charge in [0.15, 0.2) is 0 Å². The molecule has 2 N–H and O–H groups in total. The molecule has 3 heterocycles. The first-order chi connectivity index (χ1) is 16.1. The number of carboxylic acid groups (broad SMARTS) is 1. The first kappa shape index (κ1) is 23.4. The summed E-state index contributed by atoms with van der Waals surface area (Å²) in [6, 6.07) is 6.01. The first-order valence-corrected chi connectivity index (χ1v) is 10.9. The van der Waals surface area contributed by atoms with Gasteiger partial charge in [-0.05, 0) is 30.7 Å². The largest absolute Gasteiger partial charge is 0.480 e. The lowest BCUT2D eigenvalue weighted by Crippen LogP contribution is -2.27. The van der Waals surface area contributed by atoms with Crippen LogP contribution >= 0.6 is 11.3 Å². The number of nitrogens with one attached hydrogen (secondary N) is 1. The maximum atomic E-state index is 12.7. The van der Waals surface area contributed by atoms with Crippen molar-refractivity contribution in [1.29, 1.82) is 0 Å². The fourth-order valence-corrected chi connectivity index (χ4v) is 4.25. The highest BCUT2D eigenvalue weighted by molar-refractivity contribution is 7.11. The topological polar surface area (TPSA) is 110 Å². The molecule has 8 nitrogen and oxygen atoms in total. The van der Waals surface area contributed by atoms with E-state index < -0.39 is 29.7 Å². The highest BCUT2D eigenvalue weighted by Gasteiger charge is 2.30. The van der Waals surface area contributed by atoms with Gasteiger partial charge < -0.3 is 15.0 Å². The molecule has 4 aromatic rings. The molecule has 0 saturated carbocycles. The van der Waals surface area contributed by atoms with Gasteiger partial charge in [-0.15, -0.1) is 11.3 Å². The lowest BCUT2D eigenvalue weighted by molar-refractivity contribution is -0.138. The number of pyridine rings is 1. The molecule has 1 unspecified atom stereocenters. The number of carbonyl (C=O) groups is 2. The smallest absolute Gasteiger partial charge is 0.416 e. The van der Waals surface area contributed by atoms with Crippen molar-refractivity contribution in [2.24, 2.45) is 0 Å². The minimum atomic E-state index is -4.38. The summed E-state index contributed by atoms with van der Waals surface area (Å²) >= 11 is 1.35. The van der Waals surface area contributed by atoms with E-state index in [2.05, 4.69) is 20.3 Å². The number of hydrogen-bond donors (Lipinski definition) is 2. The number of thiazole rings is 1. The molecule has 176 valence electrons. The molecule has 3 aromatic heterocycles. The van der Waals surface area contributed by atoms with Gasteiger partial charge in [0.2, 0.25) is 0 Å². The van der Waals surface area contributed by atoms with Gasteiger partial charge in [-0.1, -0.05) is 12.1 Å². The predicted molar refractivity (Wildman–Crippen MR) is 117 cm³/mol. The monoisotopic (exact) mass is 489 g/mol. The summed E-state index contributed by atoms with van der Waals surface area (Å²) in [4.78, 5) is 37.0. The van der Waals surface area contributed by atoms with Gasteiger partial charge in [0.05, 0.1) is 34.7 Å². The van der Waals surface area contributed by atoms with Crippen LogP contribution in [0, 0.1) is 0 Å². The third kappa shape index (κ3) is 5.22. The molecule has 4 rings (SSSR count). The Balaban J connectivity index is 1.42. The molecule has 0 fully saturated rings. The van der Waals surface area contributed by atoms with Crippen molar-refractivity contribution in [1.82, 2.24) is 24.8 Å². The molecular formula is C22H18F3N5O3S. The van der Waals surface area contributed by atoms with E-state index in [0.29, 0.717) is 28.0 Å². The predicted octanol–water partition coefficient (Wildman–Crippen LogP) is 4.07. The number of rotatable bonds is 7. The van der Waals surface area contributed by atoms with Crippen molar-refractivity contribution in [3.8, 4) is 0 Å². The van der Waals surface area contributed by atoms with Crippen molar-refractivity contribution in [2.75, 3.05) is 0 Å². The van der Waals surface area contributed by atoms with Crippen LogP contribution in [0.1, 0.15) is 44.5 Å². The molecule has 1 amide bonds. The summed E-state index contributed by atoms with van der Waals surface area (Å²) in [6.07, 6.45) is 0.390. The van der Waals surface area contributed by atoms with Crippen LogP contribution in [0.25, 0.3) is 11.0 Å². The van der Waals surface area contributed by atoms with Crippen molar-refractivity contribution in [3.05, 3.63) is 75.8 Å². The fraction of sp³-hybridized carbons (Fsp3) is 0.227. The Morgan fingerprint density at radius 1 is 1.15 bits per heavy atom. The summed E-state index contributed by atoms with van der Waals surface area (Å²) in [5.41, 5.74) is 1.06. The molecule has 0 aliphatic carbocycles. The second-order valence-corrected chi connectivity index (χ2v) is 8.69. The van der Waals surface area contributed by atoms with Gasteiger partial charge in [-0.3, -0.25) is 9.59 Å². The van der Waals surface area contributed by atoms with Crippen LogP contribution < -0.4 is 5.32 Å². The van der Waals surface area contributed by atoms with E-state index in [1.807, 2.05) is 0 Å². The van der Waals surface area contributed by atoms with Crippen LogP contribution in [0.2, 0.25) is 0 Å². The van der Waals surface area contributed by atoms with Crippen LogP contribution in [0.3, 0.4) is 0 Å². The molecule has 0 aliphatic rings. The number of carbonyl (C=O) groups excluding carboxylic acids is 1. The number of amides is 1. The zero-order valence-electron chi connectivity index (χ0n) is 17.7. The van der Waals surface area contributed by atoms with Crippen LogP contribution in [0.5, 0.6) is 0 Å². The number of fused-ring (bicyclic) bond motifs is 1. The average molecular weight is 489 g/mol. The lowest BCUT2D eigenvalue weighted by Gasteiger charge is -2.11. The molecule has 34 heavy (non-hydrogen) atoms. The van der Waals surface area contributed by atoms with Crippen LogP contribution in [0.4, 0.5) is 13.2 Å². The van der Waals surface area contributed by atoms with Gasteiger partial charge in [-0.2, -0.15) is 13.2 Å².